The smallest absolute Gasteiger partial charge is 0.258 e. The lowest BCUT2D eigenvalue weighted by Crippen LogP contribution is -2.33. The largest absolute Gasteiger partial charge is 0.298 e. The van der Waals surface area contributed by atoms with Crippen LogP contribution >= 0.6 is 0 Å². The summed E-state index contributed by atoms with van der Waals surface area (Å²) in [5.74, 6) is 0. The average molecular weight is 231 g/mol. The topological polar surface area (TPSA) is 107 Å². The van der Waals surface area contributed by atoms with Gasteiger partial charge in [-0.15, -0.1) is 0 Å². The van der Waals surface area contributed by atoms with Crippen LogP contribution in [0.15, 0.2) is 24.3 Å². The van der Waals surface area contributed by atoms with E-state index in [0.29, 0.717) is 4.31 Å². The molecule has 1 aromatic rings. The summed E-state index contributed by atoms with van der Waals surface area (Å²) in [7, 11) is -2.83. The van der Waals surface area contributed by atoms with E-state index in [0.717, 1.165) is 7.05 Å². The molecule has 0 bridgehead atoms. The van der Waals surface area contributed by atoms with Crippen molar-refractivity contribution in [2.75, 3.05) is 11.4 Å². The highest BCUT2D eigenvalue weighted by Gasteiger charge is 2.21. The van der Waals surface area contributed by atoms with Crippen molar-refractivity contribution >= 4 is 21.6 Å². The third-order valence-corrected chi connectivity index (χ3v) is 2.76. The highest BCUT2D eigenvalue weighted by Crippen LogP contribution is 2.27. The van der Waals surface area contributed by atoms with Crippen LogP contribution in [0.5, 0.6) is 0 Å². The van der Waals surface area contributed by atoms with Gasteiger partial charge in [-0.1, -0.05) is 12.1 Å². The summed E-state index contributed by atoms with van der Waals surface area (Å²) in [5, 5.41) is 15.5. The minimum Gasteiger partial charge on any atom is -0.258 e. The van der Waals surface area contributed by atoms with Crippen molar-refractivity contribution in [2.45, 2.75) is 0 Å². The molecule has 8 heteroatoms. The average Bonchev–Trinajstić information content (AvgIpc) is 2.15. The summed E-state index contributed by atoms with van der Waals surface area (Å²) in [4.78, 5) is 9.93. The van der Waals surface area contributed by atoms with Gasteiger partial charge in [-0.25, -0.2) is 5.14 Å². The second kappa shape index (κ2) is 3.83. The lowest BCUT2D eigenvalue weighted by atomic mass is 10.3. The van der Waals surface area contributed by atoms with E-state index < -0.39 is 15.1 Å². The summed E-state index contributed by atoms with van der Waals surface area (Å²) in [6, 6.07) is 5.45. The molecule has 1 aromatic carbocycles. The molecule has 2 N–H and O–H groups in total. The third-order valence-electron chi connectivity index (χ3n) is 1.80. The van der Waals surface area contributed by atoms with E-state index in [1.807, 2.05) is 0 Å². The Balaban J connectivity index is 3.32. The van der Waals surface area contributed by atoms with Crippen molar-refractivity contribution in [1.82, 2.24) is 0 Å². The molecular weight excluding hydrogens is 222 g/mol. The predicted octanol–water partition coefficient (Wildman–Crippen LogP) is 0.235. The summed E-state index contributed by atoms with van der Waals surface area (Å²) < 4.78 is 22.6. The van der Waals surface area contributed by atoms with E-state index in [1.165, 1.54) is 24.3 Å². The molecule has 0 unspecified atom stereocenters. The van der Waals surface area contributed by atoms with E-state index in [2.05, 4.69) is 0 Å². The first-order valence-electron chi connectivity index (χ1n) is 3.84. The molecule has 0 spiro atoms. The summed E-state index contributed by atoms with van der Waals surface area (Å²) in [6.45, 7) is 0. The van der Waals surface area contributed by atoms with Crippen LogP contribution in [-0.2, 0) is 10.2 Å². The van der Waals surface area contributed by atoms with Crippen LogP contribution in [0, 0.1) is 10.1 Å². The van der Waals surface area contributed by atoms with Crippen molar-refractivity contribution < 1.29 is 13.3 Å². The zero-order valence-electron chi connectivity index (χ0n) is 7.82. The van der Waals surface area contributed by atoms with Gasteiger partial charge in [0, 0.05) is 13.1 Å². The summed E-state index contributed by atoms with van der Waals surface area (Å²) >= 11 is 0. The Morgan fingerprint density at radius 1 is 1.40 bits per heavy atom. The number of para-hydroxylation sites is 2. The van der Waals surface area contributed by atoms with Gasteiger partial charge in [0.25, 0.3) is 15.9 Å². The Morgan fingerprint density at radius 3 is 2.40 bits per heavy atom. The number of rotatable bonds is 3. The molecule has 0 amide bonds. The van der Waals surface area contributed by atoms with Crippen molar-refractivity contribution in [3.63, 3.8) is 0 Å². The minimum atomic E-state index is -3.98. The standard InChI is InChI=1S/C7H9N3O4S/c1-9(15(8,13)14)6-4-2-3-5-7(6)10(11)12/h2-5H,1H3,(H2,8,13,14). The molecule has 0 aliphatic heterocycles. The van der Waals surface area contributed by atoms with Crippen LogP contribution in [0.25, 0.3) is 0 Å². The predicted molar refractivity (Wildman–Crippen MR) is 54.6 cm³/mol. The number of nitrogens with zero attached hydrogens (tertiary/aromatic N) is 2. The van der Waals surface area contributed by atoms with Gasteiger partial charge in [-0.3, -0.25) is 14.4 Å². The molecule has 0 saturated heterocycles. The first kappa shape index (κ1) is 11.4. The fourth-order valence-electron chi connectivity index (χ4n) is 1.02. The van der Waals surface area contributed by atoms with Crippen molar-refractivity contribution in [1.29, 1.82) is 0 Å². The molecule has 0 radical (unpaired) electrons. The quantitative estimate of drug-likeness (QED) is 0.593. The molecule has 0 aromatic heterocycles. The number of hydrogen-bond acceptors (Lipinski definition) is 4. The molecule has 1 rings (SSSR count). The Hall–Kier alpha value is -1.67. The number of anilines is 1. The Kier molecular flexibility index (Phi) is 2.91. The minimum absolute atomic E-state index is 0.0648. The first-order chi connectivity index (χ1) is 6.84. The number of nitro groups is 1. The highest BCUT2D eigenvalue weighted by molar-refractivity contribution is 7.90. The number of benzene rings is 1. The first-order valence-corrected chi connectivity index (χ1v) is 5.34. The van der Waals surface area contributed by atoms with Crippen molar-refractivity contribution in [2.24, 2.45) is 5.14 Å². The fraction of sp³-hybridized carbons (Fsp3) is 0.143. The fourth-order valence-corrected chi connectivity index (χ4v) is 1.45. The molecule has 0 aliphatic rings. The van der Waals surface area contributed by atoms with Gasteiger partial charge in [0.05, 0.1) is 4.92 Å². The Labute approximate surface area is 86.4 Å². The third kappa shape index (κ3) is 2.42. The van der Waals surface area contributed by atoms with Crippen LogP contribution in [0.3, 0.4) is 0 Å². The number of nitrogens with two attached hydrogens (primary N) is 1. The van der Waals surface area contributed by atoms with Crippen LogP contribution < -0.4 is 9.44 Å². The van der Waals surface area contributed by atoms with E-state index >= 15 is 0 Å². The van der Waals surface area contributed by atoms with Gasteiger partial charge in [-0.2, -0.15) is 8.42 Å². The van der Waals surface area contributed by atoms with Gasteiger partial charge >= 0.3 is 0 Å². The van der Waals surface area contributed by atoms with E-state index in [4.69, 9.17) is 5.14 Å². The Bertz CT molecular complexity index is 485. The maximum Gasteiger partial charge on any atom is 0.298 e. The van der Waals surface area contributed by atoms with Crippen molar-refractivity contribution in [3.8, 4) is 0 Å². The molecular formula is C7H9N3O4S. The molecule has 0 fully saturated rings. The lowest BCUT2D eigenvalue weighted by molar-refractivity contribution is -0.384. The van der Waals surface area contributed by atoms with Crippen molar-refractivity contribution in [3.05, 3.63) is 34.4 Å². The van der Waals surface area contributed by atoms with E-state index in [9.17, 15) is 18.5 Å². The SMILES string of the molecule is CN(c1ccccc1[N+](=O)[O-])S(N)(=O)=O. The molecule has 82 valence electrons. The maximum absolute atomic E-state index is 11.0. The van der Waals surface area contributed by atoms with Gasteiger partial charge < -0.3 is 0 Å². The van der Waals surface area contributed by atoms with Gasteiger partial charge in [-0.05, 0) is 6.07 Å². The number of nitro benzene ring substituents is 1. The molecule has 7 nitrogen and oxygen atoms in total. The lowest BCUT2D eigenvalue weighted by Gasteiger charge is -2.15. The molecule has 15 heavy (non-hydrogen) atoms. The number of hydrogen-bond donors (Lipinski definition) is 1. The van der Waals surface area contributed by atoms with Gasteiger partial charge in [0.15, 0.2) is 0 Å². The normalized spacial score (nSPS) is 11.1. The molecule has 0 heterocycles. The van der Waals surface area contributed by atoms with Gasteiger partial charge in [0.2, 0.25) is 0 Å². The summed E-state index contributed by atoms with van der Waals surface area (Å²) in [5.41, 5.74) is -0.376. The van der Waals surface area contributed by atoms with Crippen LogP contribution in [0.4, 0.5) is 11.4 Å². The molecule has 0 saturated carbocycles. The second-order valence-corrected chi connectivity index (χ2v) is 4.34. The zero-order chi connectivity index (χ0) is 11.6. The summed E-state index contributed by atoms with van der Waals surface area (Å²) in [6.07, 6.45) is 0. The highest BCUT2D eigenvalue weighted by atomic mass is 32.2. The van der Waals surface area contributed by atoms with Crippen LogP contribution in [-0.4, -0.2) is 20.4 Å². The van der Waals surface area contributed by atoms with Crippen LogP contribution in [0.1, 0.15) is 0 Å². The van der Waals surface area contributed by atoms with E-state index in [1.54, 1.807) is 0 Å². The maximum atomic E-state index is 11.0. The van der Waals surface area contributed by atoms with E-state index in [-0.39, 0.29) is 11.4 Å². The molecule has 0 aliphatic carbocycles. The van der Waals surface area contributed by atoms with Crippen LogP contribution in [0.2, 0.25) is 0 Å². The zero-order valence-corrected chi connectivity index (χ0v) is 8.64. The van der Waals surface area contributed by atoms with Gasteiger partial charge in [0.1, 0.15) is 5.69 Å². The molecule has 0 atom stereocenters. The monoisotopic (exact) mass is 231 g/mol. The Morgan fingerprint density at radius 2 is 1.93 bits per heavy atom. The second-order valence-electron chi connectivity index (χ2n) is 2.76.